The molecule has 0 bridgehead atoms. The van der Waals surface area contributed by atoms with E-state index in [1.54, 1.807) is 6.92 Å². The highest BCUT2D eigenvalue weighted by molar-refractivity contribution is 6.67. The van der Waals surface area contributed by atoms with E-state index < -0.39 is 0 Å². The monoisotopic (exact) mass is 188 g/mol. The van der Waals surface area contributed by atoms with Crippen LogP contribution in [0.1, 0.15) is 40.0 Å². The van der Waals surface area contributed by atoms with Gasteiger partial charge in [-0.3, -0.25) is 4.79 Å². The zero-order chi connectivity index (χ0) is 9.56. The summed E-state index contributed by atoms with van der Waals surface area (Å²) in [4.78, 5) is 10.7. The first-order valence-corrected chi connectivity index (χ1v) is 4.84. The van der Waals surface area contributed by atoms with Crippen LogP contribution in [0.15, 0.2) is 11.6 Å². The van der Waals surface area contributed by atoms with Crippen LogP contribution < -0.4 is 0 Å². The van der Waals surface area contributed by atoms with E-state index >= 15 is 0 Å². The molecule has 12 heavy (non-hydrogen) atoms. The number of hydrogen-bond acceptors (Lipinski definition) is 1. The van der Waals surface area contributed by atoms with Crippen molar-refractivity contribution in [1.29, 1.82) is 0 Å². The number of rotatable bonds is 5. The van der Waals surface area contributed by atoms with E-state index in [1.807, 2.05) is 6.08 Å². The highest BCUT2D eigenvalue weighted by Gasteiger charge is 2.02. The molecule has 0 saturated heterocycles. The van der Waals surface area contributed by atoms with Gasteiger partial charge in [-0.05, 0) is 30.9 Å². The molecule has 0 aliphatic heterocycles. The Hall–Kier alpha value is -0.300. The van der Waals surface area contributed by atoms with Crippen molar-refractivity contribution in [2.45, 2.75) is 40.0 Å². The van der Waals surface area contributed by atoms with Crippen molar-refractivity contribution in [2.24, 2.45) is 5.92 Å². The predicted octanol–water partition coefficient (Wildman–Crippen LogP) is 3.52. The van der Waals surface area contributed by atoms with Crippen molar-refractivity contribution in [3.05, 3.63) is 11.6 Å². The molecule has 0 aliphatic rings. The van der Waals surface area contributed by atoms with Crippen molar-refractivity contribution in [3.8, 4) is 0 Å². The first-order chi connectivity index (χ1) is 5.57. The van der Waals surface area contributed by atoms with Crippen LogP contribution in [0, 0.1) is 5.92 Å². The Morgan fingerprint density at radius 1 is 1.58 bits per heavy atom. The summed E-state index contributed by atoms with van der Waals surface area (Å²) >= 11 is 5.30. The predicted molar refractivity (Wildman–Crippen MR) is 53.3 cm³/mol. The molecule has 1 unspecified atom stereocenters. The third kappa shape index (κ3) is 5.36. The lowest BCUT2D eigenvalue weighted by Gasteiger charge is -2.04. The molecule has 2 heteroatoms. The fraction of sp³-hybridized carbons (Fsp3) is 0.700. The van der Waals surface area contributed by atoms with Gasteiger partial charge in [0.1, 0.15) is 0 Å². The first kappa shape index (κ1) is 11.7. The van der Waals surface area contributed by atoms with E-state index in [4.69, 9.17) is 11.6 Å². The molecule has 1 nitrogen and oxygen atoms in total. The van der Waals surface area contributed by atoms with Crippen LogP contribution in [-0.4, -0.2) is 5.24 Å². The smallest absolute Gasteiger partial charge is 0.247 e. The molecule has 0 spiro atoms. The Labute approximate surface area is 79.8 Å². The van der Waals surface area contributed by atoms with E-state index in [-0.39, 0.29) is 5.24 Å². The molecule has 0 aromatic heterocycles. The first-order valence-electron chi connectivity index (χ1n) is 4.46. The van der Waals surface area contributed by atoms with Gasteiger partial charge in [0.25, 0.3) is 0 Å². The summed E-state index contributed by atoms with van der Waals surface area (Å²) in [5.41, 5.74) is 0.667. The molecule has 0 rings (SSSR count). The van der Waals surface area contributed by atoms with E-state index in [1.165, 1.54) is 12.8 Å². The second-order valence-electron chi connectivity index (χ2n) is 3.24. The van der Waals surface area contributed by atoms with Gasteiger partial charge in [-0.2, -0.15) is 0 Å². The minimum atomic E-state index is -0.335. The topological polar surface area (TPSA) is 17.1 Å². The van der Waals surface area contributed by atoms with Crippen LogP contribution in [0.4, 0.5) is 0 Å². The van der Waals surface area contributed by atoms with Gasteiger partial charge in [0, 0.05) is 5.57 Å². The van der Waals surface area contributed by atoms with Crippen LogP contribution in [-0.2, 0) is 4.79 Å². The molecule has 0 amide bonds. The van der Waals surface area contributed by atoms with Crippen LogP contribution in [0.5, 0.6) is 0 Å². The molecule has 70 valence electrons. The van der Waals surface area contributed by atoms with Crippen molar-refractivity contribution >= 4 is 16.8 Å². The van der Waals surface area contributed by atoms with Gasteiger partial charge in [-0.25, -0.2) is 0 Å². The molecule has 1 atom stereocenters. The van der Waals surface area contributed by atoms with Crippen molar-refractivity contribution < 1.29 is 4.79 Å². The van der Waals surface area contributed by atoms with Crippen LogP contribution >= 0.6 is 11.6 Å². The standard InChI is InChI=1S/C10H17ClO/c1-4-5-6-8(2)7-9(3)10(11)12/h7-8H,4-6H2,1-3H3/b9-7+. The lowest BCUT2D eigenvalue weighted by molar-refractivity contribution is -0.108. The van der Waals surface area contributed by atoms with Gasteiger partial charge in [0.05, 0.1) is 0 Å². The molecular formula is C10H17ClO. The average Bonchev–Trinajstić information content (AvgIpc) is 2.00. The Balaban J connectivity index is 3.87. The molecule has 0 aliphatic carbocycles. The fourth-order valence-electron chi connectivity index (χ4n) is 1.10. The number of hydrogen-bond donors (Lipinski definition) is 0. The number of unbranched alkanes of at least 4 members (excludes halogenated alkanes) is 1. The molecule has 0 radical (unpaired) electrons. The summed E-state index contributed by atoms with van der Waals surface area (Å²) < 4.78 is 0. The second kappa shape index (κ2) is 6.24. The third-order valence-electron chi connectivity index (χ3n) is 1.86. The van der Waals surface area contributed by atoms with Crippen LogP contribution in [0.2, 0.25) is 0 Å². The quantitative estimate of drug-likeness (QED) is 0.477. The number of carbonyl (C=O) groups excluding carboxylic acids is 1. The Bertz CT molecular complexity index is 173. The minimum Gasteiger partial charge on any atom is -0.276 e. The number of carbonyl (C=O) groups is 1. The van der Waals surface area contributed by atoms with Crippen LogP contribution in [0.3, 0.4) is 0 Å². The molecule has 0 heterocycles. The van der Waals surface area contributed by atoms with Gasteiger partial charge in [-0.1, -0.05) is 32.8 Å². The molecule has 0 N–H and O–H groups in total. The summed E-state index contributed by atoms with van der Waals surface area (Å²) in [5.74, 6) is 0.465. The van der Waals surface area contributed by atoms with E-state index in [0.717, 1.165) is 6.42 Å². The largest absolute Gasteiger partial charge is 0.276 e. The normalized spacial score (nSPS) is 14.5. The maximum absolute atomic E-state index is 10.7. The van der Waals surface area contributed by atoms with Gasteiger partial charge >= 0.3 is 0 Å². The van der Waals surface area contributed by atoms with E-state index in [2.05, 4.69) is 13.8 Å². The Morgan fingerprint density at radius 2 is 2.17 bits per heavy atom. The van der Waals surface area contributed by atoms with Gasteiger partial charge in [0.2, 0.25) is 5.24 Å². The average molecular weight is 189 g/mol. The molecule has 0 fully saturated rings. The number of allylic oxidation sites excluding steroid dienone is 2. The van der Waals surface area contributed by atoms with Crippen molar-refractivity contribution in [2.75, 3.05) is 0 Å². The third-order valence-corrected chi connectivity index (χ3v) is 2.16. The second-order valence-corrected chi connectivity index (χ2v) is 3.59. The molecular weight excluding hydrogens is 172 g/mol. The summed E-state index contributed by atoms with van der Waals surface area (Å²) in [6, 6.07) is 0. The molecule has 0 aromatic carbocycles. The number of halogens is 1. The Morgan fingerprint density at radius 3 is 2.58 bits per heavy atom. The summed E-state index contributed by atoms with van der Waals surface area (Å²) in [5, 5.41) is -0.335. The summed E-state index contributed by atoms with van der Waals surface area (Å²) in [6.07, 6.45) is 5.50. The zero-order valence-electron chi connectivity index (χ0n) is 8.06. The van der Waals surface area contributed by atoms with Crippen LogP contribution in [0.25, 0.3) is 0 Å². The fourth-order valence-corrected chi connectivity index (χ4v) is 1.16. The maximum atomic E-state index is 10.7. The highest BCUT2D eigenvalue weighted by atomic mass is 35.5. The Kier molecular flexibility index (Phi) is 6.09. The SMILES string of the molecule is CCCCC(C)/C=C(\C)C(=O)Cl. The van der Waals surface area contributed by atoms with E-state index in [9.17, 15) is 4.79 Å². The molecule has 0 aromatic rings. The minimum absolute atomic E-state index is 0.335. The van der Waals surface area contributed by atoms with Crippen molar-refractivity contribution in [3.63, 3.8) is 0 Å². The maximum Gasteiger partial charge on any atom is 0.247 e. The van der Waals surface area contributed by atoms with Gasteiger partial charge in [0.15, 0.2) is 0 Å². The van der Waals surface area contributed by atoms with Gasteiger partial charge in [-0.15, -0.1) is 0 Å². The zero-order valence-corrected chi connectivity index (χ0v) is 8.82. The molecule has 0 saturated carbocycles. The van der Waals surface area contributed by atoms with Crippen molar-refractivity contribution in [1.82, 2.24) is 0 Å². The summed E-state index contributed by atoms with van der Waals surface area (Å²) in [6.45, 7) is 6.03. The lowest BCUT2D eigenvalue weighted by Crippen LogP contribution is -1.95. The highest BCUT2D eigenvalue weighted by Crippen LogP contribution is 2.12. The van der Waals surface area contributed by atoms with E-state index in [0.29, 0.717) is 11.5 Å². The van der Waals surface area contributed by atoms with Gasteiger partial charge < -0.3 is 0 Å². The summed E-state index contributed by atoms with van der Waals surface area (Å²) in [7, 11) is 0. The lowest BCUT2D eigenvalue weighted by atomic mass is 10.0.